The predicted molar refractivity (Wildman–Crippen MR) is 84.8 cm³/mol. The fourth-order valence-corrected chi connectivity index (χ4v) is 2.19. The summed E-state index contributed by atoms with van der Waals surface area (Å²) in [7, 11) is 0. The highest BCUT2D eigenvalue weighted by Crippen LogP contribution is 2.31. The molecule has 0 aliphatic rings. The number of rotatable bonds is 8. The van der Waals surface area contributed by atoms with Crippen LogP contribution in [0.25, 0.3) is 0 Å². The van der Waals surface area contributed by atoms with Crippen LogP contribution in [0.2, 0.25) is 5.02 Å². The Morgan fingerprint density at radius 1 is 1.29 bits per heavy atom. The first-order valence-corrected chi connectivity index (χ1v) is 7.77. The van der Waals surface area contributed by atoms with Gasteiger partial charge in [0.25, 0.3) is 0 Å². The van der Waals surface area contributed by atoms with Crippen LogP contribution in [0, 0.1) is 0 Å². The molecular formula is C16H24ClNO3. The van der Waals surface area contributed by atoms with Crippen LogP contribution in [0.3, 0.4) is 0 Å². The number of ether oxygens (including phenoxy) is 2. The predicted octanol–water partition coefficient (Wildman–Crippen LogP) is 3.34. The van der Waals surface area contributed by atoms with E-state index in [1.165, 1.54) is 0 Å². The fraction of sp³-hybridized carbons (Fsp3) is 0.562. The molecule has 0 spiro atoms. The highest BCUT2D eigenvalue weighted by atomic mass is 35.5. The summed E-state index contributed by atoms with van der Waals surface area (Å²) in [5, 5.41) is 0.485. The molecule has 2 N–H and O–H groups in total. The molecule has 0 fully saturated rings. The Kier molecular flexibility index (Phi) is 7.54. The lowest BCUT2D eigenvalue weighted by molar-refractivity contribution is -0.151. The summed E-state index contributed by atoms with van der Waals surface area (Å²) in [5.74, 6) is 0.161. The van der Waals surface area contributed by atoms with Crippen molar-refractivity contribution < 1.29 is 14.3 Å². The number of nitrogens with two attached hydrogens (primary N) is 1. The third kappa shape index (κ3) is 5.21. The largest absolute Gasteiger partial charge is 0.477 e. The molecule has 0 aliphatic heterocycles. The first kappa shape index (κ1) is 17.8. The summed E-state index contributed by atoms with van der Waals surface area (Å²) in [6.45, 7) is 6.00. The molecule has 2 atom stereocenters. The Bertz CT molecular complexity index is 465. The fourth-order valence-electron chi connectivity index (χ4n) is 1.95. The Morgan fingerprint density at radius 2 is 2.00 bits per heavy atom. The van der Waals surface area contributed by atoms with Crippen molar-refractivity contribution in [1.29, 1.82) is 0 Å². The molecular weight excluding hydrogens is 290 g/mol. The van der Waals surface area contributed by atoms with Gasteiger partial charge >= 0.3 is 5.97 Å². The lowest BCUT2D eigenvalue weighted by Gasteiger charge is -2.20. The van der Waals surface area contributed by atoms with Crippen molar-refractivity contribution in [2.24, 2.45) is 5.73 Å². The van der Waals surface area contributed by atoms with Gasteiger partial charge in [0.2, 0.25) is 0 Å². The van der Waals surface area contributed by atoms with Gasteiger partial charge in [-0.25, -0.2) is 4.79 Å². The van der Waals surface area contributed by atoms with E-state index >= 15 is 0 Å². The summed E-state index contributed by atoms with van der Waals surface area (Å²) in [5.41, 5.74) is 6.92. The van der Waals surface area contributed by atoms with Gasteiger partial charge in [-0.05, 0) is 37.8 Å². The number of carbonyl (C=O) groups excluding carboxylic acids is 1. The van der Waals surface area contributed by atoms with Crippen molar-refractivity contribution in [3.05, 3.63) is 28.8 Å². The lowest BCUT2D eigenvalue weighted by atomic mass is 10.0. The Labute approximate surface area is 131 Å². The number of carbonyl (C=O) groups is 1. The summed E-state index contributed by atoms with van der Waals surface area (Å²) < 4.78 is 10.8. The van der Waals surface area contributed by atoms with Crippen molar-refractivity contribution in [3.63, 3.8) is 0 Å². The van der Waals surface area contributed by atoms with Crippen molar-refractivity contribution in [2.45, 2.75) is 52.2 Å². The van der Waals surface area contributed by atoms with E-state index in [0.717, 1.165) is 12.0 Å². The van der Waals surface area contributed by atoms with Crippen LogP contribution in [0.5, 0.6) is 5.75 Å². The molecule has 118 valence electrons. The zero-order valence-electron chi connectivity index (χ0n) is 12.9. The average molecular weight is 314 g/mol. The third-order valence-electron chi connectivity index (χ3n) is 3.24. The van der Waals surface area contributed by atoms with Gasteiger partial charge in [0.15, 0.2) is 6.10 Å². The summed E-state index contributed by atoms with van der Waals surface area (Å²) in [6, 6.07) is 5.57. The van der Waals surface area contributed by atoms with Gasteiger partial charge in [0.05, 0.1) is 11.6 Å². The molecule has 1 aromatic carbocycles. The molecule has 21 heavy (non-hydrogen) atoms. The Balaban J connectivity index is 2.96. The van der Waals surface area contributed by atoms with E-state index in [9.17, 15) is 4.79 Å². The average Bonchev–Trinajstić information content (AvgIpc) is 2.46. The van der Waals surface area contributed by atoms with Crippen LogP contribution < -0.4 is 10.5 Å². The van der Waals surface area contributed by atoms with Crippen molar-refractivity contribution in [2.75, 3.05) is 6.61 Å². The van der Waals surface area contributed by atoms with Crippen molar-refractivity contribution in [3.8, 4) is 5.75 Å². The van der Waals surface area contributed by atoms with E-state index in [0.29, 0.717) is 30.2 Å². The molecule has 0 saturated carbocycles. The van der Waals surface area contributed by atoms with E-state index in [4.69, 9.17) is 26.8 Å². The van der Waals surface area contributed by atoms with Gasteiger partial charge in [-0.1, -0.05) is 37.6 Å². The van der Waals surface area contributed by atoms with Gasteiger partial charge in [0.1, 0.15) is 5.75 Å². The maximum atomic E-state index is 11.9. The Morgan fingerprint density at radius 3 is 2.57 bits per heavy atom. The molecule has 5 heteroatoms. The topological polar surface area (TPSA) is 61.5 Å². The second-order valence-electron chi connectivity index (χ2n) is 4.87. The van der Waals surface area contributed by atoms with Gasteiger partial charge in [-0.3, -0.25) is 0 Å². The number of benzene rings is 1. The summed E-state index contributed by atoms with van der Waals surface area (Å²) in [4.78, 5) is 11.9. The van der Waals surface area contributed by atoms with Crippen molar-refractivity contribution in [1.82, 2.24) is 0 Å². The molecule has 0 heterocycles. The maximum Gasteiger partial charge on any atom is 0.347 e. The zero-order chi connectivity index (χ0) is 15.8. The highest BCUT2D eigenvalue weighted by molar-refractivity contribution is 6.32. The molecule has 4 nitrogen and oxygen atoms in total. The van der Waals surface area contributed by atoms with E-state index in [2.05, 4.69) is 0 Å². The number of halogens is 1. The van der Waals surface area contributed by atoms with Crippen LogP contribution in [0.15, 0.2) is 18.2 Å². The second-order valence-corrected chi connectivity index (χ2v) is 5.27. The molecule has 0 aliphatic carbocycles. The SMILES string of the molecule is CCOC(=O)C(CC)Oc1c(Cl)cccc1CC(N)CC. The maximum absolute atomic E-state index is 11.9. The van der Waals surface area contributed by atoms with Crippen LogP contribution in [-0.2, 0) is 16.0 Å². The smallest absolute Gasteiger partial charge is 0.347 e. The minimum atomic E-state index is -0.651. The number of hydrogen-bond acceptors (Lipinski definition) is 4. The van der Waals surface area contributed by atoms with Gasteiger partial charge in [-0.15, -0.1) is 0 Å². The van der Waals surface area contributed by atoms with Crippen molar-refractivity contribution >= 4 is 17.6 Å². The summed E-state index contributed by atoms with van der Waals surface area (Å²) in [6.07, 6.45) is 1.39. The zero-order valence-corrected chi connectivity index (χ0v) is 13.7. The normalized spacial score (nSPS) is 13.6. The second kappa shape index (κ2) is 8.90. The molecule has 0 radical (unpaired) electrons. The molecule has 0 bridgehead atoms. The standard InChI is InChI=1S/C16H24ClNO3/c1-4-12(18)10-11-8-7-9-13(17)15(11)21-14(5-2)16(19)20-6-3/h7-9,12,14H,4-6,10,18H2,1-3H3. The van der Waals surface area contributed by atoms with Crippen LogP contribution in [0.4, 0.5) is 0 Å². The number of para-hydroxylation sites is 1. The first-order valence-electron chi connectivity index (χ1n) is 7.39. The summed E-state index contributed by atoms with van der Waals surface area (Å²) >= 11 is 6.22. The highest BCUT2D eigenvalue weighted by Gasteiger charge is 2.22. The molecule has 0 aromatic heterocycles. The van der Waals surface area contributed by atoms with Gasteiger partial charge in [0, 0.05) is 6.04 Å². The molecule has 1 aromatic rings. The van der Waals surface area contributed by atoms with Crippen LogP contribution >= 0.6 is 11.6 Å². The minimum Gasteiger partial charge on any atom is -0.477 e. The van der Waals surface area contributed by atoms with Gasteiger partial charge in [-0.2, -0.15) is 0 Å². The third-order valence-corrected chi connectivity index (χ3v) is 3.53. The van der Waals surface area contributed by atoms with E-state index < -0.39 is 6.10 Å². The van der Waals surface area contributed by atoms with E-state index in [-0.39, 0.29) is 12.0 Å². The quantitative estimate of drug-likeness (QED) is 0.748. The number of hydrogen-bond donors (Lipinski definition) is 1. The minimum absolute atomic E-state index is 0.0356. The van der Waals surface area contributed by atoms with E-state index in [1.54, 1.807) is 13.0 Å². The van der Waals surface area contributed by atoms with E-state index in [1.807, 2.05) is 26.0 Å². The molecule has 0 saturated heterocycles. The Hall–Kier alpha value is -1.26. The number of esters is 1. The lowest BCUT2D eigenvalue weighted by Crippen LogP contribution is -2.29. The molecule has 0 amide bonds. The van der Waals surface area contributed by atoms with Gasteiger partial charge < -0.3 is 15.2 Å². The molecule has 2 unspecified atom stereocenters. The first-order chi connectivity index (χ1) is 10.0. The van der Waals surface area contributed by atoms with Crippen LogP contribution in [0.1, 0.15) is 39.2 Å². The monoisotopic (exact) mass is 313 g/mol. The van der Waals surface area contributed by atoms with Crippen LogP contribution in [-0.4, -0.2) is 24.7 Å². The molecule has 1 rings (SSSR count).